The number of rotatable bonds is 10. The van der Waals surface area contributed by atoms with E-state index in [0.29, 0.717) is 6.54 Å². The van der Waals surface area contributed by atoms with Gasteiger partial charge < -0.3 is 15.3 Å². The summed E-state index contributed by atoms with van der Waals surface area (Å²) in [4.78, 5) is 0. The Morgan fingerprint density at radius 1 is 1.00 bits per heavy atom. The highest BCUT2D eigenvalue weighted by Crippen LogP contribution is 2.04. The maximum Gasteiger partial charge on any atom is 0.133 e. The third kappa shape index (κ3) is 8.81. The van der Waals surface area contributed by atoms with E-state index in [1.807, 2.05) is 0 Å². The average Bonchev–Trinajstić information content (AvgIpc) is 2.26. The second kappa shape index (κ2) is 10.4. The molecule has 0 bridgehead atoms. The Morgan fingerprint density at radius 2 is 1.60 bits per heavy atom. The molecular formula is C11H25NO3. The predicted octanol–water partition coefficient (Wildman–Crippen LogP) is 0.608. The number of hydrogen-bond acceptors (Lipinski definition) is 4. The van der Waals surface area contributed by atoms with E-state index in [0.717, 1.165) is 12.8 Å². The summed E-state index contributed by atoms with van der Waals surface area (Å²) in [5, 5.41) is 29.6. The van der Waals surface area contributed by atoms with Crippen molar-refractivity contribution in [3.8, 4) is 0 Å². The minimum Gasteiger partial charge on any atom is -0.394 e. The van der Waals surface area contributed by atoms with Crippen LogP contribution in [0.2, 0.25) is 0 Å². The van der Waals surface area contributed by atoms with E-state index in [2.05, 4.69) is 12.2 Å². The Morgan fingerprint density at radius 3 is 2.20 bits per heavy atom. The van der Waals surface area contributed by atoms with Crippen molar-refractivity contribution in [1.29, 1.82) is 0 Å². The Hall–Kier alpha value is -0.160. The number of aliphatic hydroxyl groups is 3. The molecule has 4 N–H and O–H groups in total. The summed E-state index contributed by atoms with van der Waals surface area (Å²) in [6.45, 7) is 2.46. The van der Waals surface area contributed by atoms with Crippen LogP contribution in [0.1, 0.15) is 45.4 Å². The molecule has 4 heteroatoms. The second-order valence-corrected chi connectivity index (χ2v) is 3.92. The zero-order chi connectivity index (χ0) is 11.5. The molecule has 0 spiro atoms. The molecular weight excluding hydrogens is 194 g/mol. The van der Waals surface area contributed by atoms with Gasteiger partial charge in [0.2, 0.25) is 0 Å². The van der Waals surface area contributed by atoms with Crippen LogP contribution < -0.4 is 5.32 Å². The molecule has 2 atom stereocenters. The van der Waals surface area contributed by atoms with Gasteiger partial charge in [-0.1, -0.05) is 39.0 Å². The molecule has 0 amide bonds. The van der Waals surface area contributed by atoms with Crippen molar-refractivity contribution in [3.63, 3.8) is 0 Å². The SMILES string of the molecule is CCCCCCCCNC(O)C(O)CO. The molecule has 0 aromatic rings. The summed E-state index contributed by atoms with van der Waals surface area (Å²) in [6, 6.07) is 0. The van der Waals surface area contributed by atoms with Crippen LogP contribution in [0.15, 0.2) is 0 Å². The highest BCUT2D eigenvalue weighted by atomic mass is 16.4. The van der Waals surface area contributed by atoms with Gasteiger partial charge in [0.1, 0.15) is 12.3 Å². The largest absolute Gasteiger partial charge is 0.394 e. The molecule has 0 aromatic heterocycles. The van der Waals surface area contributed by atoms with Crippen LogP contribution in [0.3, 0.4) is 0 Å². The topological polar surface area (TPSA) is 72.7 Å². The van der Waals surface area contributed by atoms with Gasteiger partial charge in [-0.3, -0.25) is 5.32 Å². The molecule has 0 aliphatic rings. The molecule has 0 rings (SSSR count). The van der Waals surface area contributed by atoms with E-state index in [4.69, 9.17) is 10.2 Å². The van der Waals surface area contributed by atoms with E-state index >= 15 is 0 Å². The van der Waals surface area contributed by atoms with Crippen LogP contribution in [-0.4, -0.2) is 40.8 Å². The lowest BCUT2D eigenvalue weighted by Crippen LogP contribution is -2.42. The maximum atomic E-state index is 9.24. The van der Waals surface area contributed by atoms with Gasteiger partial charge in [0.25, 0.3) is 0 Å². The number of aliphatic hydroxyl groups excluding tert-OH is 3. The summed E-state index contributed by atoms with van der Waals surface area (Å²) >= 11 is 0. The van der Waals surface area contributed by atoms with Gasteiger partial charge in [-0.2, -0.15) is 0 Å². The quantitative estimate of drug-likeness (QED) is 0.321. The predicted molar refractivity (Wildman–Crippen MR) is 60.5 cm³/mol. The highest BCUT2D eigenvalue weighted by molar-refractivity contribution is 4.63. The molecule has 15 heavy (non-hydrogen) atoms. The monoisotopic (exact) mass is 219 g/mol. The van der Waals surface area contributed by atoms with Crippen molar-refractivity contribution in [1.82, 2.24) is 5.32 Å². The third-order valence-electron chi connectivity index (χ3n) is 2.44. The average molecular weight is 219 g/mol. The van der Waals surface area contributed by atoms with Crippen molar-refractivity contribution in [2.45, 2.75) is 57.8 Å². The standard InChI is InChI=1S/C11H25NO3/c1-2-3-4-5-6-7-8-12-11(15)10(14)9-13/h10-15H,2-9H2,1H3. The van der Waals surface area contributed by atoms with Crippen LogP contribution >= 0.6 is 0 Å². The van der Waals surface area contributed by atoms with E-state index in [-0.39, 0.29) is 0 Å². The maximum absolute atomic E-state index is 9.24. The van der Waals surface area contributed by atoms with Gasteiger partial charge >= 0.3 is 0 Å². The molecule has 2 unspecified atom stereocenters. The molecule has 0 aliphatic heterocycles. The van der Waals surface area contributed by atoms with Crippen molar-refractivity contribution < 1.29 is 15.3 Å². The number of nitrogens with one attached hydrogen (secondary N) is 1. The number of unbranched alkanes of at least 4 members (excludes halogenated alkanes) is 5. The molecule has 0 saturated carbocycles. The fourth-order valence-corrected chi connectivity index (χ4v) is 1.39. The van der Waals surface area contributed by atoms with Crippen molar-refractivity contribution in [2.75, 3.05) is 13.2 Å². The first-order valence-corrected chi connectivity index (χ1v) is 5.92. The minimum atomic E-state index is -1.08. The fraction of sp³-hybridized carbons (Fsp3) is 1.00. The molecule has 0 heterocycles. The molecule has 92 valence electrons. The van der Waals surface area contributed by atoms with Crippen LogP contribution in [0.25, 0.3) is 0 Å². The molecule has 0 aliphatic carbocycles. The molecule has 0 saturated heterocycles. The van der Waals surface area contributed by atoms with Gasteiger partial charge in [-0.15, -0.1) is 0 Å². The highest BCUT2D eigenvalue weighted by Gasteiger charge is 2.12. The summed E-state index contributed by atoms with van der Waals surface area (Å²) in [5.41, 5.74) is 0. The Kier molecular flexibility index (Phi) is 10.3. The van der Waals surface area contributed by atoms with Crippen LogP contribution in [-0.2, 0) is 0 Å². The van der Waals surface area contributed by atoms with Crippen LogP contribution in [0.4, 0.5) is 0 Å². The van der Waals surface area contributed by atoms with Gasteiger partial charge in [0.05, 0.1) is 6.61 Å². The summed E-state index contributed by atoms with van der Waals surface area (Å²) in [6.07, 6.45) is 5.11. The minimum absolute atomic E-state index is 0.412. The van der Waals surface area contributed by atoms with Gasteiger partial charge in [0.15, 0.2) is 0 Å². The van der Waals surface area contributed by atoms with Gasteiger partial charge in [-0.25, -0.2) is 0 Å². The lowest BCUT2D eigenvalue weighted by atomic mass is 10.1. The molecule has 0 aromatic carbocycles. The lowest BCUT2D eigenvalue weighted by molar-refractivity contribution is -0.0305. The summed E-state index contributed by atoms with van der Waals surface area (Å²) in [5.74, 6) is 0. The first kappa shape index (κ1) is 14.8. The molecule has 0 fully saturated rings. The van der Waals surface area contributed by atoms with Gasteiger partial charge in [-0.05, 0) is 13.0 Å². The Balaban J connectivity index is 3.16. The fourth-order valence-electron chi connectivity index (χ4n) is 1.39. The lowest BCUT2D eigenvalue weighted by Gasteiger charge is -2.16. The van der Waals surface area contributed by atoms with Crippen LogP contribution in [0.5, 0.6) is 0 Å². The van der Waals surface area contributed by atoms with E-state index < -0.39 is 18.9 Å². The summed E-state index contributed by atoms with van der Waals surface area (Å²) < 4.78 is 0. The van der Waals surface area contributed by atoms with Gasteiger partial charge in [0, 0.05) is 0 Å². The zero-order valence-corrected chi connectivity index (χ0v) is 9.65. The molecule has 4 nitrogen and oxygen atoms in total. The third-order valence-corrected chi connectivity index (χ3v) is 2.44. The van der Waals surface area contributed by atoms with Crippen molar-refractivity contribution in [2.24, 2.45) is 0 Å². The number of hydrogen-bond donors (Lipinski definition) is 4. The Bertz CT molecular complexity index is 133. The molecule has 0 radical (unpaired) electrons. The van der Waals surface area contributed by atoms with Crippen molar-refractivity contribution in [3.05, 3.63) is 0 Å². The first-order valence-electron chi connectivity index (χ1n) is 5.92. The van der Waals surface area contributed by atoms with E-state index in [1.54, 1.807) is 0 Å². The first-order chi connectivity index (χ1) is 7.22. The second-order valence-electron chi connectivity index (χ2n) is 3.92. The summed E-state index contributed by atoms with van der Waals surface area (Å²) in [7, 11) is 0. The smallest absolute Gasteiger partial charge is 0.133 e. The van der Waals surface area contributed by atoms with Crippen molar-refractivity contribution >= 4 is 0 Å². The Labute approximate surface area is 92.3 Å². The van der Waals surface area contributed by atoms with E-state index in [9.17, 15) is 5.11 Å². The van der Waals surface area contributed by atoms with E-state index in [1.165, 1.54) is 25.7 Å². The zero-order valence-electron chi connectivity index (χ0n) is 9.65. The normalized spacial score (nSPS) is 15.2. The van der Waals surface area contributed by atoms with Crippen LogP contribution in [0, 0.1) is 0 Å².